The molecule has 0 N–H and O–H groups in total. The number of thiocarbonyl (C=S) groups is 1. The van der Waals surface area contributed by atoms with E-state index in [0.717, 1.165) is 4.86 Å². The highest BCUT2D eigenvalue weighted by molar-refractivity contribution is 7.80. The highest BCUT2D eigenvalue weighted by Gasteiger charge is 2.10. The van der Waals surface area contributed by atoms with Crippen LogP contribution in [0.3, 0.4) is 0 Å². The predicted octanol–water partition coefficient (Wildman–Crippen LogP) is 1.89. The minimum atomic E-state index is 0.0139. The number of methoxy groups -OCH3 is 1. The van der Waals surface area contributed by atoms with Crippen LogP contribution in [-0.4, -0.2) is 18.1 Å². The molecule has 1 atom stereocenters. The smallest absolute Gasteiger partial charge is 0.111 e. The van der Waals surface area contributed by atoms with Crippen LogP contribution in [0.25, 0.3) is 0 Å². The van der Waals surface area contributed by atoms with Gasteiger partial charge in [0.25, 0.3) is 0 Å². The normalized spacial score (nSPS) is 24.8. The molecule has 0 aromatic heterocycles. The van der Waals surface area contributed by atoms with Crippen molar-refractivity contribution in [3.05, 3.63) is 23.8 Å². The summed E-state index contributed by atoms with van der Waals surface area (Å²) in [5.74, 6) is 0. The molecule has 1 aliphatic rings. The number of hydrogen-bond donors (Lipinski definition) is 0. The first kappa shape index (κ1) is 7.63. The standard InChI is InChI=1S/C8H10OS/c1-6-3-4-8(10)7(5-6)9-2/h3-5,7H,1-2H3. The molecule has 0 aromatic carbocycles. The van der Waals surface area contributed by atoms with Gasteiger partial charge in [-0.15, -0.1) is 0 Å². The van der Waals surface area contributed by atoms with Crippen molar-refractivity contribution in [2.75, 3.05) is 7.11 Å². The second kappa shape index (κ2) is 3.08. The van der Waals surface area contributed by atoms with Crippen molar-refractivity contribution in [1.82, 2.24) is 0 Å². The van der Waals surface area contributed by atoms with Crippen LogP contribution >= 0.6 is 12.2 Å². The third-order valence-corrected chi connectivity index (χ3v) is 1.83. The number of rotatable bonds is 1. The molecule has 2 heteroatoms. The molecule has 1 unspecified atom stereocenters. The average molecular weight is 154 g/mol. The van der Waals surface area contributed by atoms with Crippen LogP contribution in [-0.2, 0) is 4.74 Å². The van der Waals surface area contributed by atoms with Gasteiger partial charge in [0.2, 0.25) is 0 Å². The third kappa shape index (κ3) is 1.52. The molecular weight excluding hydrogens is 144 g/mol. The molecule has 10 heavy (non-hydrogen) atoms. The SMILES string of the molecule is COC1C=C(C)C=CC1=S. The molecule has 1 aliphatic carbocycles. The summed E-state index contributed by atoms with van der Waals surface area (Å²) in [5.41, 5.74) is 1.21. The minimum absolute atomic E-state index is 0.0139. The molecule has 0 heterocycles. The molecule has 0 amide bonds. The molecule has 0 saturated heterocycles. The minimum Gasteiger partial charge on any atom is -0.372 e. The molecule has 0 bridgehead atoms. The van der Waals surface area contributed by atoms with Gasteiger partial charge in [0, 0.05) is 12.0 Å². The fraction of sp³-hybridized carbons (Fsp3) is 0.375. The monoisotopic (exact) mass is 154 g/mol. The predicted molar refractivity (Wildman–Crippen MR) is 46.3 cm³/mol. The lowest BCUT2D eigenvalue weighted by molar-refractivity contribution is 0.193. The van der Waals surface area contributed by atoms with E-state index in [4.69, 9.17) is 17.0 Å². The number of allylic oxidation sites excluding steroid dienone is 2. The van der Waals surface area contributed by atoms with Gasteiger partial charge in [0.1, 0.15) is 6.10 Å². The fourth-order valence-electron chi connectivity index (χ4n) is 0.869. The van der Waals surface area contributed by atoms with E-state index in [1.807, 2.05) is 25.2 Å². The maximum absolute atomic E-state index is 5.10. The molecule has 0 saturated carbocycles. The van der Waals surface area contributed by atoms with E-state index in [1.54, 1.807) is 7.11 Å². The summed E-state index contributed by atoms with van der Waals surface area (Å²) in [6.45, 7) is 2.03. The summed E-state index contributed by atoms with van der Waals surface area (Å²) in [6, 6.07) is 0. The summed E-state index contributed by atoms with van der Waals surface area (Å²) >= 11 is 5.02. The van der Waals surface area contributed by atoms with Crippen molar-refractivity contribution >= 4 is 17.1 Å². The van der Waals surface area contributed by atoms with Crippen molar-refractivity contribution in [1.29, 1.82) is 0 Å². The topological polar surface area (TPSA) is 9.23 Å². The average Bonchev–Trinajstić information content (AvgIpc) is 1.94. The molecule has 1 rings (SSSR count). The summed E-state index contributed by atoms with van der Waals surface area (Å²) in [7, 11) is 1.67. The van der Waals surface area contributed by atoms with Crippen LogP contribution in [0.15, 0.2) is 23.8 Å². The van der Waals surface area contributed by atoms with Crippen LogP contribution in [0.4, 0.5) is 0 Å². The summed E-state index contributed by atoms with van der Waals surface area (Å²) < 4.78 is 5.10. The highest BCUT2D eigenvalue weighted by atomic mass is 32.1. The highest BCUT2D eigenvalue weighted by Crippen LogP contribution is 2.10. The number of hydrogen-bond acceptors (Lipinski definition) is 2. The third-order valence-electron chi connectivity index (χ3n) is 1.46. The fourth-order valence-corrected chi connectivity index (χ4v) is 1.10. The van der Waals surface area contributed by atoms with Crippen LogP contribution in [0.1, 0.15) is 6.92 Å². The maximum atomic E-state index is 5.10. The lowest BCUT2D eigenvalue weighted by atomic mass is 10.1. The molecule has 54 valence electrons. The molecular formula is C8H10OS. The van der Waals surface area contributed by atoms with Gasteiger partial charge in [-0.3, -0.25) is 0 Å². The Morgan fingerprint density at radius 3 is 2.70 bits per heavy atom. The van der Waals surface area contributed by atoms with E-state index in [2.05, 4.69) is 0 Å². The largest absolute Gasteiger partial charge is 0.372 e. The van der Waals surface area contributed by atoms with Gasteiger partial charge in [0.15, 0.2) is 0 Å². The van der Waals surface area contributed by atoms with Crippen molar-refractivity contribution < 1.29 is 4.74 Å². The quantitative estimate of drug-likeness (QED) is 0.533. The summed E-state index contributed by atoms with van der Waals surface area (Å²) in [6.07, 6.45) is 5.94. The van der Waals surface area contributed by atoms with Gasteiger partial charge in [-0.1, -0.05) is 23.9 Å². The summed E-state index contributed by atoms with van der Waals surface area (Å²) in [5, 5.41) is 0. The lowest BCUT2D eigenvalue weighted by Gasteiger charge is -2.13. The van der Waals surface area contributed by atoms with Gasteiger partial charge in [-0.05, 0) is 19.1 Å². The van der Waals surface area contributed by atoms with Gasteiger partial charge in [-0.2, -0.15) is 0 Å². The first-order valence-corrected chi connectivity index (χ1v) is 3.58. The first-order chi connectivity index (χ1) is 4.74. The van der Waals surface area contributed by atoms with Gasteiger partial charge < -0.3 is 4.74 Å². The van der Waals surface area contributed by atoms with E-state index in [0.29, 0.717) is 0 Å². The maximum Gasteiger partial charge on any atom is 0.111 e. The Hall–Kier alpha value is -0.470. The lowest BCUT2D eigenvalue weighted by Crippen LogP contribution is -2.19. The van der Waals surface area contributed by atoms with Gasteiger partial charge >= 0.3 is 0 Å². The van der Waals surface area contributed by atoms with Crippen molar-refractivity contribution in [3.8, 4) is 0 Å². The van der Waals surface area contributed by atoms with Crippen molar-refractivity contribution in [3.63, 3.8) is 0 Å². The van der Waals surface area contributed by atoms with E-state index in [9.17, 15) is 0 Å². The molecule has 0 aliphatic heterocycles. The van der Waals surface area contributed by atoms with Crippen LogP contribution in [0, 0.1) is 0 Å². The second-order valence-corrected chi connectivity index (χ2v) is 2.77. The van der Waals surface area contributed by atoms with Crippen LogP contribution in [0.5, 0.6) is 0 Å². The number of ether oxygens (including phenoxy) is 1. The molecule has 0 aromatic rings. The van der Waals surface area contributed by atoms with E-state index >= 15 is 0 Å². The van der Waals surface area contributed by atoms with Gasteiger partial charge in [0.05, 0.1) is 0 Å². The molecule has 0 fully saturated rings. The van der Waals surface area contributed by atoms with E-state index < -0.39 is 0 Å². The molecule has 0 spiro atoms. The van der Waals surface area contributed by atoms with Crippen LogP contribution in [0.2, 0.25) is 0 Å². The Bertz CT molecular complexity index is 203. The Kier molecular flexibility index (Phi) is 2.35. The van der Waals surface area contributed by atoms with Gasteiger partial charge in [-0.25, -0.2) is 0 Å². The van der Waals surface area contributed by atoms with Crippen molar-refractivity contribution in [2.24, 2.45) is 0 Å². The first-order valence-electron chi connectivity index (χ1n) is 3.17. The van der Waals surface area contributed by atoms with Crippen molar-refractivity contribution in [2.45, 2.75) is 13.0 Å². The zero-order chi connectivity index (χ0) is 7.56. The Morgan fingerprint density at radius 2 is 2.20 bits per heavy atom. The Morgan fingerprint density at radius 1 is 1.50 bits per heavy atom. The molecule has 1 nitrogen and oxygen atoms in total. The van der Waals surface area contributed by atoms with E-state index in [1.165, 1.54) is 5.57 Å². The zero-order valence-electron chi connectivity index (χ0n) is 6.13. The Balaban J connectivity index is 2.76. The second-order valence-electron chi connectivity index (χ2n) is 2.30. The van der Waals surface area contributed by atoms with Crippen LogP contribution < -0.4 is 0 Å². The van der Waals surface area contributed by atoms with E-state index in [-0.39, 0.29) is 6.10 Å². The zero-order valence-corrected chi connectivity index (χ0v) is 6.94. The Labute approximate surface area is 66.4 Å². The summed E-state index contributed by atoms with van der Waals surface area (Å²) in [4.78, 5) is 0.855. The molecule has 0 radical (unpaired) electrons.